The topological polar surface area (TPSA) is 88.2 Å². The average molecular weight is 248 g/mol. The van der Waals surface area contributed by atoms with Gasteiger partial charge in [0.2, 0.25) is 11.2 Å². The van der Waals surface area contributed by atoms with Gasteiger partial charge in [0, 0.05) is 25.5 Å². The second-order valence-corrected chi connectivity index (χ2v) is 4.01. The molecule has 2 aromatic rings. The minimum absolute atomic E-state index is 0.309. The van der Waals surface area contributed by atoms with E-state index in [0.717, 1.165) is 32.1 Å². The number of anilines is 2. The molecule has 0 unspecified atom stereocenters. The molecule has 3 heterocycles. The smallest absolute Gasteiger partial charge is 0.296 e. The molecule has 94 valence electrons. The van der Waals surface area contributed by atoms with Crippen LogP contribution in [0.3, 0.4) is 0 Å². The molecule has 3 rings (SSSR count). The molecule has 0 aliphatic carbocycles. The fourth-order valence-corrected chi connectivity index (χ4v) is 1.94. The summed E-state index contributed by atoms with van der Waals surface area (Å²) in [5, 5.41) is 5.88. The maximum atomic E-state index is 5.50. The Labute approximate surface area is 104 Å². The van der Waals surface area contributed by atoms with Gasteiger partial charge in [-0.05, 0) is 6.07 Å². The zero-order valence-corrected chi connectivity index (χ0v) is 9.81. The molecule has 0 atom stereocenters. The lowest BCUT2D eigenvalue weighted by molar-refractivity contribution is -0.758. The Morgan fingerprint density at radius 3 is 2.50 bits per heavy atom. The van der Waals surface area contributed by atoms with E-state index < -0.39 is 0 Å². The predicted molar refractivity (Wildman–Crippen MR) is 63.3 cm³/mol. The van der Waals surface area contributed by atoms with Gasteiger partial charge in [-0.25, -0.2) is 9.97 Å². The maximum absolute atomic E-state index is 5.50. The third-order valence-electron chi connectivity index (χ3n) is 2.85. The Morgan fingerprint density at radius 2 is 1.89 bits per heavy atom. The van der Waals surface area contributed by atoms with Crippen LogP contribution in [-0.4, -0.2) is 41.4 Å². The van der Waals surface area contributed by atoms with Crippen LogP contribution in [0.25, 0.3) is 0 Å². The molecule has 8 nitrogen and oxygen atoms in total. The molecule has 2 aromatic heterocycles. The van der Waals surface area contributed by atoms with Gasteiger partial charge in [-0.15, -0.1) is 5.01 Å². The number of rotatable bonds is 2. The van der Waals surface area contributed by atoms with Gasteiger partial charge in [-0.1, -0.05) is 0 Å². The van der Waals surface area contributed by atoms with E-state index in [1.165, 1.54) is 0 Å². The molecule has 1 saturated heterocycles. The highest BCUT2D eigenvalue weighted by Crippen LogP contribution is 2.07. The van der Waals surface area contributed by atoms with Crippen molar-refractivity contribution in [2.45, 2.75) is 0 Å². The van der Waals surface area contributed by atoms with Crippen molar-refractivity contribution >= 4 is 11.8 Å². The quantitative estimate of drug-likeness (QED) is 0.667. The fourth-order valence-electron chi connectivity index (χ4n) is 1.94. The normalized spacial score (nSPS) is 16.0. The van der Waals surface area contributed by atoms with Gasteiger partial charge in [-0.3, -0.25) is 4.52 Å². The Balaban J connectivity index is 1.65. The molecular weight excluding hydrogens is 234 g/mol. The van der Waals surface area contributed by atoms with E-state index in [1.807, 2.05) is 6.07 Å². The minimum Gasteiger partial charge on any atom is -0.362 e. The average Bonchev–Trinajstić information content (AvgIpc) is 2.87. The van der Waals surface area contributed by atoms with Crippen LogP contribution in [0.5, 0.6) is 0 Å². The lowest BCUT2D eigenvalue weighted by Crippen LogP contribution is -2.65. The van der Waals surface area contributed by atoms with E-state index in [-0.39, 0.29) is 0 Å². The first-order chi connectivity index (χ1) is 8.83. The van der Waals surface area contributed by atoms with Gasteiger partial charge < -0.3 is 10.6 Å². The van der Waals surface area contributed by atoms with E-state index in [1.54, 1.807) is 23.4 Å². The van der Waals surface area contributed by atoms with Crippen molar-refractivity contribution in [3.05, 3.63) is 24.7 Å². The molecule has 0 spiro atoms. The van der Waals surface area contributed by atoms with Crippen LogP contribution < -0.4 is 20.4 Å². The van der Waals surface area contributed by atoms with Crippen LogP contribution >= 0.6 is 0 Å². The summed E-state index contributed by atoms with van der Waals surface area (Å²) in [5.74, 6) is 1.07. The molecule has 1 aliphatic heterocycles. The summed E-state index contributed by atoms with van der Waals surface area (Å²) in [6.45, 7) is 3.30. The lowest BCUT2D eigenvalue weighted by Gasteiger charge is -2.29. The van der Waals surface area contributed by atoms with Crippen LogP contribution in [0.2, 0.25) is 0 Å². The third kappa shape index (κ3) is 2.04. The first kappa shape index (κ1) is 10.8. The summed E-state index contributed by atoms with van der Waals surface area (Å²) in [6, 6.07) is 1.81. The number of nitrogens with two attached hydrogens (primary N) is 1. The molecule has 8 heteroatoms. The number of aromatic nitrogens is 4. The number of hydrogen-bond donors (Lipinski definition) is 1. The van der Waals surface area contributed by atoms with Crippen LogP contribution in [0, 0.1) is 0 Å². The van der Waals surface area contributed by atoms with E-state index in [9.17, 15) is 0 Å². The van der Waals surface area contributed by atoms with Crippen molar-refractivity contribution in [1.82, 2.24) is 15.2 Å². The minimum atomic E-state index is 0.309. The Morgan fingerprint density at radius 1 is 1.17 bits per heavy atom. The number of piperazine rings is 1. The molecule has 0 saturated carbocycles. The molecule has 2 N–H and O–H groups in total. The van der Waals surface area contributed by atoms with Crippen molar-refractivity contribution in [1.29, 1.82) is 0 Å². The second kappa shape index (κ2) is 4.47. The van der Waals surface area contributed by atoms with Gasteiger partial charge in [0.15, 0.2) is 0 Å². The monoisotopic (exact) mass is 248 g/mol. The first-order valence-corrected chi connectivity index (χ1v) is 5.74. The lowest BCUT2D eigenvalue weighted by atomic mass is 10.4. The summed E-state index contributed by atoms with van der Waals surface area (Å²) in [6.07, 6.45) is 5.16. The Hall–Kier alpha value is -2.38. The molecule has 1 aliphatic rings. The van der Waals surface area contributed by atoms with Crippen molar-refractivity contribution in [2.24, 2.45) is 0 Å². The number of nitrogen functional groups attached to an aromatic ring is 1. The molecule has 0 radical (unpaired) electrons. The summed E-state index contributed by atoms with van der Waals surface area (Å²) in [4.78, 5) is 12.3. The second-order valence-electron chi connectivity index (χ2n) is 4.01. The van der Waals surface area contributed by atoms with Gasteiger partial charge in [0.25, 0.3) is 12.1 Å². The van der Waals surface area contributed by atoms with Crippen molar-refractivity contribution in [2.75, 3.05) is 41.8 Å². The van der Waals surface area contributed by atoms with Crippen LogP contribution in [0.1, 0.15) is 0 Å². The van der Waals surface area contributed by atoms with Crippen molar-refractivity contribution < 1.29 is 9.31 Å². The van der Waals surface area contributed by atoms with Gasteiger partial charge >= 0.3 is 0 Å². The highest BCUT2D eigenvalue weighted by molar-refractivity contribution is 5.29. The van der Waals surface area contributed by atoms with Crippen LogP contribution in [0.15, 0.2) is 29.2 Å². The van der Waals surface area contributed by atoms with Gasteiger partial charge in [0.1, 0.15) is 0 Å². The Kier molecular flexibility index (Phi) is 2.67. The predicted octanol–water partition coefficient (Wildman–Crippen LogP) is -1.21. The summed E-state index contributed by atoms with van der Waals surface area (Å²) in [7, 11) is 0. The van der Waals surface area contributed by atoms with Crippen molar-refractivity contribution in [3.8, 4) is 0 Å². The highest BCUT2D eigenvalue weighted by Gasteiger charge is 2.26. The summed E-state index contributed by atoms with van der Waals surface area (Å²) >= 11 is 0. The molecule has 1 fully saturated rings. The maximum Gasteiger partial charge on any atom is 0.296 e. The fraction of sp³-hybridized carbons (Fsp3) is 0.400. The third-order valence-corrected chi connectivity index (χ3v) is 2.85. The highest BCUT2D eigenvalue weighted by atomic mass is 16.5. The molecule has 0 amide bonds. The van der Waals surface area contributed by atoms with E-state index >= 15 is 0 Å². The molecule has 0 aromatic carbocycles. The number of hydrogen-bond acceptors (Lipinski definition) is 7. The summed E-state index contributed by atoms with van der Waals surface area (Å²) in [5.41, 5.74) is 5.50. The molecule has 18 heavy (non-hydrogen) atoms. The molecular formula is C10H14N7O+. The standard InChI is InChI=1S/C10H14N7O/c11-9-8-17(14-18-9)16-6-4-15(5-7-16)10-12-2-1-3-13-10/h1-3,8H,4-7,11H2/q+1. The zero-order chi connectivity index (χ0) is 12.4. The van der Waals surface area contributed by atoms with Crippen molar-refractivity contribution in [3.63, 3.8) is 0 Å². The van der Waals surface area contributed by atoms with Gasteiger partial charge in [-0.2, -0.15) is 0 Å². The Bertz CT molecular complexity index is 506. The first-order valence-electron chi connectivity index (χ1n) is 5.74. The van der Waals surface area contributed by atoms with E-state index in [0.29, 0.717) is 5.88 Å². The van der Waals surface area contributed by atoms with E-state index in [2.05, 4.69) is 25.1 Å². The largest absolute Gasteiger partial charge is 0.362 e. The van der Waals surface area contributed by atoms with Crippen LogP contribution in [0.4, 0.5) is 11.8 Å². The molecule has 0 bridgehead atoms. The van der Waals surface area contributed by atoms with Crippen LogP contribution in [-0.2, 0) is 0 Å². The summed E-state index contributed by atoms with van der Waals surface area (Å²) < 4.78 is 4.84. The van der Waals surface area contributed by atoms with Gasteiger partial charge in [0.05, 0.1) is 17.9 Å². The number of nitrogens with zero attached hydrogens (tertiary/aromatic N) is 6. The van der Waals surface area contributed by atoms with E-state index in [4.69, 9.17) is 10.3 Å². The SMILES string of the molecule is Nc1c[n+](N2CCN(c3ncccn3)CC2)no1. The zero-order valence-electron chi connectivity index (χ0n) is 9.81.